The number of esters is 1. The third-order valence-corrected chi connectivity index (χ3v) is 3.40. The molecule has 1 N–H and O–H groups in total. The van der Waals surface area contributed by atoms with Crippen LogP contribution in [0.15, 0.2) is 12.1 Å². The Morgan fingerprint density at radius 1 is 1.30 bits per heavy atom. The monoisotopic (exact) mass is 318 g/mol. The standard InChI is InChI=1S/C17H22N2O4/c1-6-23-16(21)17(10-18,19-13(4)20)9-14-7-11(2)15(22-5)12(3)8-14/h7-8H,6,9H2,1-5H3,(H,19,20). The third-order valence-electron chi connectivity index (χ3n) is 3.40. The summed E-state index contributed by atoms with van der Waals surface area (Å²) in [6.07, 6.45) is 0.0214. The zero-order valence-corrected chi connectivity index (χ0v) is 14.1. The van der Waals surface area contributed by atoms with Crippen molar-refractivity contribution in [2.75, 3.05) is 13.7 Å². The van der Waals surface area contributed by atoms with Crippen LogP contribution >= 0.6 is 0 Å². The van der Waals surface area contributed by atoms with Crippen molar-refractivity contribution >= 4 is 11.9 Å². The zero-order chi connectivity index (χ0) is 17.6. The molecule has 0 saturated heterocycles. The van der Waals surface area contributed by atoms with Crippen LogP contribution in [0.1, 0.15) is 30.5 Å². The Kier molecular flexibility index (Phi) is 6.14. The van der Waals surface area contributed by atoms with Crippen molar-refractivity contribution < 1.29 is 19.1 Å². The molecule has 1 amide bonds. The van der Waals surface area contributed by atoms with E-state index < -0.39 is 17.4 Å². The first-order valence-electron chi connectivity index (χ1n) is 7.31. The Bertz CT molecular complexity index is 625. The van der Waals surface area contributed by atoms with Gasteiger partial charge < -0.3 is 14.8 Å². The summed E-state index contributed by atoms with van der Waals surface area (Å²) in [7, 11) is 1.59. The molecule has 0 bridgehead atoms. The molecule has 0 spiro atoms. The molecule has 6 heteroatoms. The molecule has 0 aromatic heterocycles. The lowest BCUT2D eigenvalue weighted by Gasteiger charge is -2.25. The lowest BCUT2D eigenvalue weighted by Crippen LogP contribution is -2.55. The minimum Gasteiger partial charge on any atom is -0.496 e. The SMILES string of the molecule is CCOC(=O)C(C#N)(Cc1cc(C)c(OC)c(C)c1)NC(C)=O. The van der Waals surface area contributed by atoms with Gasteiger partial charge in [-0.2, -0.15) is 5.26 Å². The molecule has 0 saturated carbocycles. The van der Waals surface area contributed by atoms with Crippen molar-refractivity contribution in [2.24, 2.45) is 0 Å². The van der Waals surface area contributed by atoms with E-state index in [2.05, 4.69) is 5.32 Å². The van der Waals surface area contributed by atoms with Crippen LogP contribution in [0, 0.1) is 25.2 Å². The third kappa shape index (κ3) is 4.22. The van der Waals surface area contributed by atoms with E-state index in [1.807, 2.05) is 32.0 Å². The van der Waals surface area contributed by atoms with Gasteiger partial charge in [-0.1, -0.05) is 12.1 Å². The molecule has 0 heterocycles. The van der Waals surface area contributed by atoms with E-state index in [0.717, 1.165) is 22.4 Å². The van der Waals surface area contributed by atoms with E-state index >= 15 is 0 Å². The molecular formula is C17H22N2O4. The number of carbonyl (C=O) groups is 2. The largest absolute Gasteiger partial charge is 0.496 e. The zero-order valence-electron chi connectivity index (χ0n) is 14.1. The molecule has 0 fully saturated rings. The van der Waals surface area contributed by atoms with Crippen molar-refractivity contribution in [1.82, 2.24) is 5.32 Å². The Balaban J connectivity index is 3.28. The predicted molar refractivity (Wildman–Crippen MR) is 85.0 cm³/mol. The summed E-state index contributed by atoms with van der Waals surface area (Å²) in [5, 5.41) is 12.0. The fourth-order valence-electron chi connectivity index (χ4n) is 2.61. The molecule has 0 radical (unpaired) electrons. The number of carbonyl (C=O) groups excluding carboxylic acids is 2. The van der Waals surface area contributed by atoms with Crippen LogP contribution in [-0.4, -0.2) is 31.1 Å². The number of ether oxygens (including phenoxy) is 2. The minimum atomic E-state index is -1.74. The molecule has 1 atom stereocenters. The van der Waals surface area contributed by atoms with Crippen LogP contribution in [0.2, 0.25) is 0 Å². The smallest absolute Gasteiger partial charge is 0.347 e. The van der Waals surface area contributed by atoms with Gasteiger partial charge in [-0.15, -0.1) is 0 Å². The normalized spacial score (nSPS) is 12.7. The molecule has 1 rings (SSSR count). The van der Waals surface area contributed by atoms with E-state index in [-0.39, 0.29) is 13.0 Å². The van der Waals surface area contributed by atoms with Crippen molar-refractivity contribution in [2.45, 2.75) is 39.7 Å². The summed E-state index contributed by atoms with van der Waals surface area (Å²) in [5.74, 6) is -0.475. The van der Waals surface area contributed by atoms with Crippen LogP contribution < -0.4 is 10.1 Å². The van der Waals surface area contributed by atoms with Crippen molar-refractivity contribution in [1.29, 1.82) is 5.26 Å². The van der Waals surface area contributed by atoms with Crippen molar-refractivity contribution in [3.63, 3.8) is 0 Å². The summed E-state index contributed by atoms with van der Waals surface area (Å²) >= 11 is 0. The van der Waals surface area contributed by atoms with Crippen LogP contribution in [0.4, 0.5) is 0 Å². The average molecular weight is 318 g/mol. The number of hydrogen-bond acceptors (Lipinski definition) is 5. The van der Waals surface area contributed by atoms with Gasteiger partial charge in [0.2, 0.25) is 11.4 Å². The van der Waals surface area contributed by atoms with E-state index in [1.54, 1.807) is 14.0 Å². The highest BCUT2D eigenvalue weighted by Crippen LogP contribution is 2.26. The number of nitriles is 1. The Labute approximate surface area is 136 Å². The molecule has 1 aromatic carbocycles. The second-order valence-electron chi connectivity index (χ2n) is 5.36. The fourth-order valence-corrected chi connectivity index (χ4v) is 2.61. The van der Waals surface area contributed by atoms with E-state index in [9.17, 15) is 14.9 Å². The molecule has 0 aliphatic heterocycles. The Morgan fingerprint density at radius 3 is 2.26 bits per heavy atom. The number of hydrogen-bond donors (Lipinski definition) is 1. The van der Waals surface area contributed by atoms with Gasteiger partial charge in [-0.05, 0) is 37.5 Å². The highest BCUT2D eigenvalue weighted by Gasteiger charge is 2.41. The quantitative estimate of drug-likeness (QED) is 0.808. The first-order chi connectivity index (χ1) is 10.8. The van der Waals surface area contributed by atoms with E-state index in [0.29, 0.717) is 0 Å². The topological polar surface area (TPSA) is 88.4 Å². The van der Waals surface area contributed by atoms with Crippen LogP contribution in [-0.2, 0) is 20.7 Å². The van der Waals surface area contributed by atoms with Crippen molar-refractivity contribution in [3.8, 4) is 11.8 Å². The number of methoxy groups -OCH3 is 1. The second-order valence-corrected chi connectivity index (χ2v) is 5.36. The maximum atomic E-state index is 12.2. The van der Waals surface area contributed by atoms with Gasteiger partial charge in [0.05, 0.1) is 13.7 Å². The molecular weight excluding hydrogens is 296 g/mol. The number of nitrogens with zero attached hydrogens (tertiary/aromatic N) is 1. The number of benzene rings is 1. The first-order valence-corrected chi connectivity index (χ1v) is 7.31. The van der Waals surface area contributed by atoms with Gasteiger partial charge in [-0.3, -0.25) is 4.79 Å². The maximum absolute atomic E-state index is 12.2. The van der Waals surface area contributed by atoms with Gasteiger partial charge in [0, 0.05) is 13.3 Å². The number of aryl methyl sites for hydroxylation is 2. The first kappa shape index (κ1) is 18.5. The van der Waals surface area contributed by atoms with Gasteiger partial charge in [-0.25, -0.2) is 4.79 Å². The van der Waals surface area contributed by atoms with Gasteiger partial charge >= 0.3 is 5.97 Å². The molecule has 124 valence electrons. The molecule has 0 aliphatic carbocycles. The lowest BCUT2D eigenvalue weighted by atomic mass is 9.90. The van der Waals surface area contributed by atoms with Crippen molar-refractivity contribution in [3.05, 3.63) is 28.8 Å². The van der Waals surface area contributed by atoms with Gasteiger partial charge in [0.25, 0.3) is 0 Å². The Hall–Kier alpha value is -2.55. The second kappa shape index (κ2) is 7.63. The summed E-state index contributed by atoms with van der Waals surface area (Å²) in [6.45, 7) is 6.80. The minimum absolute atomic E-state index is 0.0214. The maximum Gasteiger partial charge on any atom is 0.347 e. The summed E-state index contributed by atoms with van der Waals surface area (Å²) < 4.78 is 10.3. The van der Waals surface area contributed by atoms with Crippen LogP contribution in [0.3, 0.4) is 0 Å². The highest BCUT2D eigenvalue weighted by molar-refractivity contribution is 5.90. The molecule has 1 aromatic rings. The van der Waals surface area contributed by atoms with E-state index in [4.69, 9.17) is 9.47 Å². The Morgan fingerprint density at radius 2 is 1.87 bits per heavy atom. The molecule has 0 aliphatic rings. The van der Waals surface area contributed by atoms with Crippen LogP contribution in [0.5, 0.6) is 5.75 Å². The highest BCUT2D eigenvalue weighted by atomic mass is 16.5. The number of rotatable bonds is 6. The molecule has 6 nitrogen and oxygen atoms in total. The number of amides is 1. The number of nitrogens with one attached hydrogen (secondary N) is 1. The summed E-state index contributed by atoms with van der Waals surface area (Å²) in [5.41, 5.74) is 0.779. The molecule has 23 heavy (non-hydrogen) atoms. The van der Waals surface area contributed by atoms with Gasteiger partial charge in [0.1, 0.15) is 11.8 Å². The van der Waals surface area contributed by atoms with Gasteiger partial charge in [0.15, 0.2) is 0 Å². The lowest BCUT2D eigenvalue weighted by molar-refractivity contribution is -0.150. The summed E-state index contributed by atoms with van der Waals surface area (Å²) in [6, 6.07) is 5.57. The predicted octanol–water partition coefficient (Wildman–Crippen LogP) is 1.82. The molecule has 1 unspecified atom stereocenters. The van der Waals surface area contributed by atoms with Crippen LogP contribution in [0.25, 0.3) is 0 Å². The fraction of sp³-hybridized carbons (Fsp3) is 0.471. The summed E-state index contributed by atoms with van der Waals surface area (Å²) in [4.78, 5) is 23.7. The van der Waals surface area contributed by atoms with E-state index in [1.165, 1.54) is 6.92 Å². The average Bonchev–Trinajstić information content (AvgIpc) is 2.45.